The molecule has 0 aliphatic heterocycles. The molecule has 128 valence electrons. The van der Waals surface area contributed by atoms with Gasteiger partial charge in [0.05, 0.1) is 6.04 Å². The topological polar surface area (TPSA) is 114 Å². The van der Waals surface area contributed by atoms with E-state index in [1.54, 1.807) is 6.21 Å². The van der Waals surface area contributed by atoms with Crippen molar-refractivity contribution in [1.29, 1.82) is 0 Å². The Balaban J connectivity index is 3.55. The third-order valence-corrected chi connectivity index (χ3v) is 3.21. The maximum atomic E-state index is 11.6. The highest BCUT2D eigenvalue weighted by Gasteiger charge is 2.23. The summed E-state index contributed by atoms with van der Waals surface area (Å²) in [7, 11) is 0. The van der Waals surface area contributed by atoms with Crippen molar-refractivity contribution in [3.63, 3.8) is 0 Å². The minimum atomic E-state index is -0.700. The quantitative estimate of drug-likeness (QED) is 0.193. The van der Waals surface area contributed by atoms with E-state index in [1.807, 2.05) is 13.8 Å². The molecule has 1 atom stereocenters. The second kappa shape index (κ2) is 13.4. The summed E-state index contributed by atoms with van der Waals surface area (Å²) in [5, 5.41) is 12.2. The summed E-state index contributed by atoms with van der Waals surface area (Å²) in [6.45, 7) is 4.64. The number of nitrogens with zero attached hydrogens (tertiary/aromatic N) is 1. The molecule has 0 aromatic carbocycles. The summed E-state index contributed by atoms with van der Waals surface area (Å²) in [6, 6.07) is -0.700. The largest absolute Gasteiger partial charge is 0.396 e. The van der Waals surface area contributed by atoms with Gasteiger partial charge in [0.15, 0.2) is 5.78 Å². The lowest BCUT2D eigenvalue weighted by atomic mass is 9.96. The minimum absolute atomic E-state index is 0.0257. The molecule has 0 unspecified atom stereocenters. The van der Waals surface area contributed by atoms with E-state index in [0.717, 1.165) is 19.3 Å². The zero-order valence-electron chi connectivity index (χ0n) is 13.6. The Kier molecular flexibility index (Phi) is 12.6. The monoisotopic (exact) mass is 315 g/mol. The van der Waals surface area contributed by atoms with Crippen LogP contribution in [0.4, 0.5) is 0 Å². The van der Waals surface area contributed by atoms with Crippen molar-refractivity contribution in [2.45, 2.75) is 58.4 Å². The molecule has 0 amide bonds. The van der Waals surface area contributed by atoms with Gasteiger partial charge < -0.3 is 15.8 Å². The molecule has 0 aromatic heterocycles. The lowest BCUT2D eigenvalue weighted by molar-refractivity contribution is -0.138. The first kappa shape index (κ1) is 20.7. The standard InChI is InChI=1S/C15H29N3O4/c1-12(2)14(16)15(20)13(19)8-4-7-11-22-18-10-6-3-5-9-17-21/h10,12,14,17,21H,3-9,11,16H2,1-2H3/b18-10+/t14-/m0/s1. The third-order valence-electron chi connectivity index (χ3n) is 3.21. The number of rotatable bonds is 14. The van der Waals surface area contributed by atoms with E-state index >= 15 is 0 Å². The van der Waals surface area contributed by atoms with Crippen molar-refractivity contribution >= 4 is 17.8 Å². The molecule has 0 saturated carbocycles. The Morgan fingerprint density at radius 2 is 2.00 bits per heavy atom. The van der Waals surface area contributed by atoms with Crippen molar-refractivity contribution in [2.75, 3.05) is 13.2 Å². The number of Topliss-reactive ketones (excluding diaryl/α,β-unsaturated/α-hetero) is 2. The van der Waals surface area contributed by atoms with Crippen LogP contribution in [0, 0.1) is 5.92 Å². The molecule has 4 N–H and O–H groups in total. The van der Waals surface area contributed by atoms with Crippen LogP contribution in [0.1, 0.15) is 52.4 Å². The summed E-state index contributed by atoms with van der Waals surface area (Å²) in [6.07, 6.45) is 5.75. The molecular weight excluding hydrogens is 286 g/mol. The normalized spacial score (nSPS) is 12.8. The van der Waals surface area contributed by atoms with Gasteiger partial charge in [-0.2, -0.15) is 0 Å². The van der Waals surface area contributed by atoms with E-state index in [0.29, 0.717) is 26.0 Å². The summed E-state index contributed by atoms with van der Waals surface area (Å²) in [4.78, 5) is 28.3. The van der Waals surface area contributed by atoms with E-state index in [2.05, 4.69) is 10.6 Å². The number of hydroxylamine groups is 1. The van der Waals surface area contributed by atoms with Gasteiger partial charge >= 0.3 is 0 Å². The smallest absolute Gasteiger partial charge is 0.215 e. The van der Waals surface area contributed by atoms with Crippen molar-refractivity contribution in [3.05, 3.63) is 0 Å². The Morgan fingerprint density at radius 1 is 1.27 bits per heavy atom. The van der Waals surface area contributed by atoms with Crippen molar-refractivity contribution < 1.29 is 19.6 Å². The number of oxime groups is 1. The Bertz CT molecular complexity index is 346. The van der Waals surface area contributed by atoms with Gasteiger partial charge in [-0.15, -0.1) is 0 Å². The van der Waals surface area contributed by atoms with E-state index in [9.17, 15) is 9.59 Å². The predicted molar refractivity (Wildman–Crippen MR) is 84.8 cm³/mol. The second-order valence-electron chi connectivity index (χ2n) is 5.54. The molecule has 0 aromatic rings. The minimum Gasteiger partial charge on any atom is -0.396 e. The molecule has 7 nitrogen and oxygen atoms in total. The van der Waals surface area contributed by atoms with Crippen LogP contribution < -0.4 is 11.2 Å². The van der Waals surface area contributed by atoms with Crippen molar-refractivity contribution in [3.8, 4) is 0 Å². The van der Waals surface area contributed by atoms with E-state index in [4.69, 9.17) is 15.8 Å². The summed E-state index contributed by atoms with van der Waals surface area (Å²) < 4.78 is 0. The van der Waals surface area contributed by atoms with Gasteiger partial charge in [-0.3, -0.25) is 9.59 Å². The highest BCUT2D eigenvalue weighted by atomic mass is 16.6. The number of carbonyl (C=O) groups excluding carboxylic acids is 2. The first-order valence-electron chi connectivity index (χ1n) is 7.84. The van der Waals surface area contributed by atoms with Crippen LogP contribution in [0.25, 0.3) is 0 Å². The summed E-state index contributed by atoms with van der Waals surface area (Å²) in [5.41, 5.74) is 7.75. The number of hydrogen-bond donors (Lipinski definition) is 3. The number of ketones is 2. The van der Waals surface area contributed by atoms with Gasteiger partial charge in [-0.1, -0.05) is 19.0 Å². The van der Waals surface area contributed by atoms with Gasteiger partial charge in [-0.05, 0) is 38.0 Å². The highest BCUT2D eigenvalue weighted by Crippen LogP contribution is 2.04. The molecule has 22 heavy (non-hydrogen) atoms. The number of carbonyl (C=O) groups is 2. The fourth-order valence-corrected chi connectivity index (χ4v) is 1.66. The van der Waals surface area contributed by atoms with Gasteiger partial charge in [0.1, 0.15) is 6.61 Å². The van der Waals surface area contributed by atoms with Gasteiger partial charge in [0.2, 0.25) is 5.78 Å². The van der Waals surface area contributed by atoms with Crippen LogP contribution in [0.2, 0.25) is 0 Å². The maximum absolute atomic E-state index is 11.6. The molecular formula is C15H29N3O4. The number of nitrogens with two attached hydrogens (primary N) is 1. The zero-order chi connectivity index (χ0) is 16.8. The lowest BCUT2D eigenvalue weighted by Gasteiger charge is -2.12. The summed E-state index contributed by atoms with van der Waals surface area (Å²) >= 11 is 0. The lowest BCUT2D eigenvalue weighted by Crippen LogP contribution is -2.40. The van der Waals surface area contributed by atoms with Crippen LogP contribution >= 0.6 is 0 Å². The maximum Gasteiger partial charge on any atom is 0.215 e. The Labute approximate surface area is 132 Å². The summed E-state index contributed by atoms with van der Waals surface area (Å²) in [5.74, 6) is -0.907. The average molecular weight is 315 g/mol. The third kappa shape index (κ3) is 10.4. The van der Waals surface area contributed by atoms with Gasteiger partial charge in [0, 0.05) is 19.2 Å². The Morgan fingerprint density at radius 3 is 2.64 bits per heavy atom. The fraction of sp³-hybridized carbons (Fsp3) is 0.800. The van der Waals surface area contributed by atoms with E-state index in [-0.39, 0.29) is 12.3 Å². The van der Waals surface area contributed by atoms with Crippen molar-refractivity contribution in [2.24, 2.45) is 16.8 Å². The number of hydrogen-bond acceptors (Lipinski definition) is 7. The first-order valence-corrected chi connectivity index (χ1v) is 7.84. The zero-order valence-corrected chi connectivity index (χ0v) is 13.6. The molecule has 0 aliphatic rings. The van der Waals surface area contributed by atoms with Crippen LogP contribution in [0.5, 0.6) is 0 Å². The number of nitrogens with one attached hydrogen (secondary N) is 1. The second-order valence-corrected chi connectivity index (χ2v) is 5.54. The van der Waals surface area contributed by atoms with Crippen LogP contribution in [-0.4, -0.2) is 42.2 Å². The fourth-order valence-electron chi connectivity index (χ4n) is 1.66. The van der Waals surface area contributed by atoms with Crippen molar-refractivity contribution in [1.82, 2.24) is 5.48 Å². The van der Waals surface area contributed by atoms with Gasteiger partial charge in [0.25, 0.3) is 0 Å². The molecule has 0 radical (unpaired) electrons. The highest BCUT2D eigenvalue weighted by molar-refractivity contribution is 6.39. The SMILES string of the molecule is CC(C)[C@H](N)C(=O)C(=O)CCCCO/N=C/CCCCNO. The molecule has 0 heterocycles. The van der Waals surface area contributed by atoms with E-state index in [1.165, 1.54) is 0 Å². The molecule has 0 saturated heterocycles. The van der Waals surface area contributed by atoms with Gasteiger partial charge in [-0.25, -0.2) is 5.48 Å². The molecule has 7 heteroatoms. The number of unbranched alkanes of at least 4 members (excludes halogenated alkanes) is 3. The molecule has 0 bridgehead atoms. The average Bonchev–Trinajstić information content (AvgIpc) is 2.50. The predicted octanol–water partition coefficient (Wildman–Crippen LogP) is 1.43. The van der Waals surface area contributed by atoms with E-state index < -0.39 is 17.6 Å². The molecule has 0 spiro atoms. The van der Waals surface area contributed by atoms with Crippen LogP contribution in [0.3, 0.4) is 0 Å². The van der Waals surface area contributed by atoms with Crippen LogP contribution in [-0.2, 0) is 14.4 Å². The molecule has 0 fully saturated rings. The molecule has 0 aliphatic carbocycles. The van der Waals surface area contributed by atoms with Crippen LogP contribution in [0.15, 0.2) is 5.16 Å². The molecule has 0 rings (SSSR count). The Hall–Kier alpha value is -1.31. The first-order chi connectivity index (χ1) is 10.5.